The zero-order valence-electron chi connectivity index (χ0n) is 11.2. The van der Waals surface area contributed by atoms with Gasteiger partial charge in [-0.05, 0) is 19.9 Å². The van der Waals surface area contributed by atoms with Gasteiger partial charge in [-0.25, -0.2) is 14.4 Å². The summed E-state index contributed by atoms with van der Waals surface area (Å²) < 4.78 is 14.8. The molecule has 0 radical (unpaired) electrons. The van der Waals surface area contributed by atoms with Crippen LogP contribution in [0.25, 0.3) is 0 Å². The number of ether oxygens (including phenoxy) is 3. The third-order valence-electron chi connectivity index (χ3n) is 2.90. The van der Waals surface area contributed by atoms with Crippen molar-refractivity contribution in [1.29, 1.82) is 0 Å². The van der Waals surface area contributed by atoms with E-state index in [0.717, 1.165) is 0 Å². The Morgan fingerprint density at radius 1 is 1.10 bits per heavy atom. The summed E-state index contributed by atoms with van der Waals surface area (Å²) in [4.78, 5) is 36.2. The lowest BCUT2D eigenvalue weighted by Crippen LogP contribution is -2.46. The summed E-state index contributed by atoms with van der Waals surface area (Å²) in [6.45, 7) is 3.30. The Kier molecular flexibility index (Phi) is 3.74. The van der Waals surface area contributed by atoms with Gasteiger partial charge in [-0.2, -0.15) is 0 Å². The van der Waals surface area contributed by atoms with E-state index in [0.29, 0.717) is 0 Å². The number of rotatable bonds is 4. The summed E-state index contributed by atoms with van der Waals surface area (Å²) in [5.74, 6) is -2.64. The molecule has 6 nitrogen and oxygen atoms in total. The summed E-state index contributed by atoms with van der Waals surface area (Å²) >= 11 is 0. The molecule has 0 saturated carbocycles. The van der Waals surface area contributed by atoms with Crippen molar-refractivity contribution >= 4 is 17.9 Å². The first-order valence-corrected chi connectivity index (χ1v) is 6.25. The standard InChI is InChI=1S/C14H14O6/c1-3-18-12(16)14(13(17)19-4-2)10-8-6-5-7-9(10)11(15)20-14/h5-8H,3-4H2,1-2H3. The summed E-state index contributed by atoms with van der Waals surface area (Å²) in [5.41, 5.74) is -1.84. The highest BCUT2D eigenvalue weighted by molar-refractivity contribution is 6.12. The van der Waals surface area contributed by atoms with Crippen molar-refractivity contribution in [3.8, 4) is 0 Å². The van der Waals surface area contributed by atoms with Crippen molar-refractivity contribution in [3.05, 3.63) is 35.4 Å². The quantitative estimate of drug-likeness (QED) is 0.467. The number of fused-ring (bicyclic) bond motifs is 1. The van der Waals surface area contributed by atoms with Crippen molar-refractivity contribution in [2.75, 3.05) is 13.2 Å². The van der Waals surface area contributed by atoms with E-state index in [1.165, 1.54) is 12.1 Å². The summed E-state index contributed by atoms with van der Waals surface area (Å²) in [7, 11) is 0. The molecule has 1 aliphatic rings. The van der Waals surface area contributed by atoms with Crippen LogP contribution in [0.5, 0.6) is 0 Å². The van der Waals surface area contributed by atoms with E-state index in [2.05, 4.69) is 0 Å². The Balaban J connectivity index is 2.58. The van der Waals surface area contributed by atoms with Crippen LogP contribution in [-0.4, -0.2) is 31.1 Å². The van der Waals surface area contributed by atoms with Gasteiger partial charge in [-0.15, -0.1) is 0 Å². The molecule has 0 fully saturated rings. The fourth-order valence-electron chi connectivity index (χ4n) is 2.07. The van der Waals surface area contributed by atoms with Gasteiger partial charge in [0.1, 0.15) is 0 Å². The molecule has 0 spiro atoms. The zero-order valence-corrected chi connectivity index (χ0v) is 11.2. The average Bonchev–Trinajstić information content (AvgIpc) is 2.74. The minimum atomic E-state index is -2.15. The fraction of sp³-hybridized carbons (Fsp3) is 0.357. The fourth-order valence-corrected chi connectivity index (χ4v) is 2.07. The summed E-state index contributed by atoms with van der Waals surface area (Å²) in [6.07, 6.45) is 0. The van der Waals surface area contributed by atoms with Crippen LogP contribution in [0.4, 0.5) is 0 Å². The minimum absolute atomic E-state index is 0.0553. The van der Waals surface area contributed by atoms with Crippen LogP contribution in [-0.2, 0) is 29.4 Å². The maximum Gasteiger partial charge on any atom is 0.367 e. The molecule has 1 heterocycles. The molecule has 106 valence electrons. The summed E-state index contributed by atoms with van der Waals surface area (Å²) in [5, 5.41) is 0. The maximum atomic E-state index is 12.2. The molecule has 0 N–H and O–H groups in total. The topological polar surface area (TPSA) is 78.9 Å². The molecule has 0 amide bonds. The van der Waals surface area contributed by atoms with E-state index in [1.807, 2.05) is 0 Å². The van der Waals surface area contributed by atoms with Crippen LogP contribution in [0.2, 0.25) is 0 Å². The molecule has 6 heteroatoms. The molecule has 0 saturated heterocycles. The average molecular weight is 278 g/mol. The first-order chi connectivity index (χ1) is 9.57. The molecule has 0 aliphatic carbocycles. The molecule has 1 aliphatic heterocycles. The first kappa shape index (κ1) is 14.0. The second-order valence-electron chi connectivity index (χ2n) is 4.06. The minimum Gasteiger partial charge on any atom is -0.462 e. The lowest BCUT2D eigenvalue weighted by Gasteiger charge is -2.23. The predicted octanol–water partition coefficient (Wildman–Crippen LogP) is 1.18. The Bertz CT molecular complexity index is 545. The van der Waals surface area contributed by atoms with E-state index in [1.54, 1.807) is 26.0 Å². The van der Waals surface area contributed by atoms with Crippen LogP contribution in [0.1, 0.15) is 29.8 Å². The van der Waals surface area contributed by atoms with Gasteiger partial charge in [0, 0.05) is 5.56 Å². The van der Waals surface area contributed by atoms with Crippen LogP contribution < -0.4 is 0 Å². The van der Waals surface area contributed by atoms with Gasteiger partial charge in [-0.3, -0.25) is 0 Å². The highest BCUT2D eigenvalue weighted by Gasteiger charge is 2.60. The maximum absolute atomic E-state index is 12.2. The monoisotopic (exact) mass is 278 g/mol. The molecule has 0 aromatic heterocycles. The number of carbonyl (C=O) groups is 3. The zero-order chi connectivity index (χ0) is 14.8. The van der Waals surface area contributed by atoms with Crippen molar-refractivity contribution in [3.63, 3.8) is 0 Å². The number of hydrogen-bond donors (Lipinski definition) is 0. The smallest absolute Gasteiger partial charge is 0.367 e. The van der Waals surface area contributed by atoms with Gasteiger partial charge in [0.25, 0.3) is 0 Å². The largest absolute Gasteiger partial charge is 0.462 e. The Hall–Kier alpha value is -2.37. The van der Waals surface area contributed by atoms with E-state index >= 15 is 0 Å². The highest BCUT2D eigenvalue weighted by atomic mass is 16.6. The Labute approximate surface area is 115 Å². The van der Waals surface area contributed by atoms with Crippen LogP contribution in [0.3, 0.4) is 0 Å². The third kappa shape index (κ3) is 1.93. The van der Waals surface area contributed by atoms with E-state index in [4.69, 9.17) is 14.2 Å². The first-order valence-electron chi connectivity index (χ1n) is 6.25. The van der Waals surface area contributed by atoms with Crippen LogP contribution >= 0.6 is 0 Å². The second-order valence-corrected chi connectivity index (χ2v) is 4.06. The lowest BCUT2D eigenvalue weighted by molar-refractivity contribution is -0.183. The van der Waals surface area contributed by atoms with Gasteiger partial charge < -0.3 is 14.2 Å². The number of cyclic esters (lactones) is 1. The Morgan fingerprint density at radius 2 is 1.65 bits per heavy atom. The van der Waals surface area contributed by atoms with Crippen LogP contribution in [0.15, 0.2) is 24.3 Å². The van der Waals surface area contributed by atoms with Gasteiger partial charge in [0.15, 0.2) is 0 Å². The molecule has 0 unspecified atom stereocenters. The second kappa shape index (κ2) is 5.32. The van der Waals surface area contributed by atoms with Crippen molar-refractivity contribution in [1.82, 2.24) is 0 Å². The van der Waals surface area contributed by atoms with Crippen molar-refractivity contribution < 1.29 is 28.6 Å². The van der Waals surface area contributed by atoms with Gasteiger partial charge in [0.05, 0.1) is 18.8 Å². The molecule has 2 rings (SSSR count). The molecular weight excluding hydrogens is 264 g/mol. The third-order valence-corrected chi connectivity index (χ3v) is 2.90. The number of benzene rings is 1. The predicted molar refractivity (Wildman–Crippen MR) is 66.8 cm³/mol. The highest BCUT2D eigenvalue weighted by Crippen LogP contribution is 2.38. The molecule has 1 aromatic carbocycles. The number of hydrogen-bond acceptors (Lipinski definition) is 6. The van der Waals surface area contributed by atoms with E-state index < -0.39 is 23.5 Å². The molecule has 1 aromatic rings. The molecule has 0 atom stereocenters. The van der Waals surface area contributed by atoms with Crippen LogP contribution in [0, 0.1) is 0 Å². The van der Waals surface area contributed by atoms with Crippen molar-refractivity contribution in [2.24, 2.45) is 0 Å². The van der Waals surface area contributed by atoms with Gasteiger partial charge >= 0.3 is 23.5 Å². The lowest BCUT2D eigenvalue weighted by atomic mass is 9.92. The Morgan fingerprint density at radius 3 is 2.20 bits per heavy atom. The van der Waals surface area contributed by atoms with Gasteiger partial charge in [-0.1, -0.05) is 18.2 Å². The van der Waals surface area contributed by atoms with E-state index in [9.17, 15) is 14.4 Å². The molecule has 20 heavy (non-hydrogen) atoms. The van der Waals surface area contributed by atoms with Crippen molar-refractivity contribution in [2.45, 2.75) is 19.4 Å². The normalized spacial score (nSPS) is 15.2. The molecular formula is C14H14O6. The molecule has 0 bridgehead atoms. The van der Waals surface area contributed by atoms with Gasteiger partial charge in [0.2, 0.25) is 0 Å². The van der Waals surface area contributed by atoms with E-state index in [-0.39, 0.29) is 24.3 Å². The summed E-state index contributed by atoms with van der Waals surface area (Å²) in [6, 6.07) is 6.19. The SMILES string of the molecule is CCOC(=O)C1(C(=O)OCC)OC(=O)c2ccccc21. The number of esters is 3. The number of carbonyl (C=O) groups excluding carboxylic acids is 3.